The summed E-state index contributed by atoms with van der Waals surface area (Å²) in [5.74, 6) is 1.81. The van der Waals surface area contributed by atoms with Crippen LogP contribution >= 0.6 is 0 Å². The van der Waals surface area contributed by atoms with Crippen LogP contribution in [0.1, 0.15) is 67.8 Å². The van der Waals surface area contributed by atoms with E-state index in [1.165, 1.54) is 0 Å². The van der Waals surface area contributed by atoms with Gasteiger partial charge in [0, 0.05) is 56.5 Å². The third kappa shape index (κ3) is 5.01. The molecule has 0 spiro atoms. The molecule has 10 nitrogen and oxygen atoms in total. The maximum atomic E-state index is 13.2. The monoisotopic (exact) mass is 481 g/mol. The minimum Gasteiger partial charge on any atom is -0.478 e. The van der Waals surface area contributed by atoms with Crippen molar-refractivity contribution in [3.8, 4) is 5.88 Å². The molecular weight excluding hydrogens is 446 g/mol. The predicted octanol–water partition coefficient (Wildman–Crippen LogP) is 2.78. The van der Waals surface area contributed by atoms with Crippen LogP contribution in [0.2, 0.25) is 0 Å². The van der Waals surface area contributed by atoms with Crippen LogP contribution in [0.3, 0.4) is 0 Å². The fraction of sp³-hybridized carbons (Fsp3) is 0.560. The van der Waals surface area contributed by atoms with Crippen molar-refractivity contribution >= 4 is 23.6 Å². The largest absolute Gasteiger partial charge is 0.478 e. The molecule has 0 aliphatic carbocycles. The predicted molar refractivity (Wildman–Crippen MR) is 134 cm³/mol. The highest BCUT2D eigenvalue weighted by Gasteiger charge is 2.35. The molecule has 0 aromatic carbocycles. The first kappa shape index (κ1) is 24.7. The number of carbonyl (C=O) groups excluding carboxylic acids is 2. The molecule has 188 valence electrons. The van der Waals surface area contributed by atoms with Gasteiger partial charge >= 0.3 is 0 Å². The van der Waals surface area contributed by atoms with Gasteiger partial charge in [-0.05, 0) is 46.2 Å². The fourth-order valence-corrected chi connectivity index (χ4v) is 4.47. The molecule has 1 saturated heterocycles. The number of nitrogens with zero attached hydrogens (tertiary/aromatic N) is 6. The Labute approximate surface area is 206 Å². The Morgan fingerprint density at radius 1 is 1.17 bits per heavy atom. The van der Waals surface area contributed by atoms with Gasteiger partial charge in [0.05, 0.1) is 19.2 Å². The summed E-state index contributed by atoms with van der Waals surface area (Å²) in [5, 5.41) is 3.52. The van der Waals surface area contributed by atoms with Crippen molar-refractivity contribution in [2.75, 3.05) is 43.0 Å². The van der Waals surface area contributed by atoms with E-state index in [1.807, 2.05) is 55.5 Å². The first-order valence-electron chi connectivity index (χ1n) is 12.3. The highest BCUT2D eigenvalue weighted by molar-refractivity contribution is 5.98. The highest BCUT2D eigenvalue weighted by atomic mass is 16.5. The summed E-state index contributed by atoms with van der Waals surface area (Å²) in [6.07, 6.45) is 1.81. The molecule has 10 heteroatoms. The van der Waals surface area contributed by atoms with E-state index in [-0.39, 0.29) is 23.9 Å². The molecule has 2 amide bonds. The second-order valence-corrected chi connectivity index (χ2v) is 9.41. The Morgan fingerprint density at radius 3 is 2.49 bits per heavy atom. The number of piperazine rings is 1. The lowest BCUT2D eigenvalue weighted by Crippen LogP contribution is -2.48. The molecule has 2 aliphatic rings. The number of aromatic nitrogens is 3. The van der Waals surface area contributed by atoms with Crippen LogP contribution in [0, 0.1) is 6.92 Å². The van der Waals surface area contributed by atoms with E-state index in [0.29, 0.717) is 62.7 Å². The molecule has 1 N–H and O–H groups in total. The number of amides is 2. The van der Waals surface area contributed by atoms with Crippen LogP contribution < -0.4 is 15.0 Å². The number of pyridine rings is 1. The van der Waals surface area contributed by atoms with Crippen LogP contribution in [0.15, 0.2) is 12.3 Å². The van der Waals surface area contributed by atoms with Gasteiger partial charge in [0.1, 0.15) is 11.5 Å². The van der Waals surface area contributed by atoms with Crippen molar-refractivity contribution in [3.05, 3.63) is 34.6 Å². The van der Waals surface area contributed by atoms with Gasteiger partial charge in [0.25, 0.3) is 5.91 Å². The molecule has 0 radical (unpaired) electrons. The molecule has 2 aliphatic heterocycles. The molecule has 0 bridgehead atoms. The maximum Gasteiger partial charge on any atom is 0.273 e. The van der Waals surface area contributed by atoms with Gasteiger partial charge < -0.3 is 24.8 Å². The Balaban J connectivity index is 1.64. The summed E-state index contributed by atoms with van der Waals surface area (Å²) < 4.78 is 5.58. The van der Waals surface area contributed by atoms with Crippen molar-refractivity contribution < 1.29 is 14.3 Å². The topological polar surface area (TPSA) is 104 Å². The van der Waals surface area contributed by atoms with E-state index in [1.54, 1.807) is 6.92 Å². The quantitative estimate of drug-likeness (QED) is 0.644. The summed E-state index contributed by atoms with van der Waals surface area (Å²) >= 11 is 0. The molecule has 4 heterocycles. The lowest BCUT2D eigenvalue weighted by Gasteiger charge is -2.34. The van der Waals surface area contributed by atoms with Crippen LogP contribution in [0.4, 0.5) is 11.8 Å². The molecular formula is C25H35N7O3. The van der Waals surface area contributed by atoms with Gasteiger partial charge in [-0.1, -0.05) is 0 Å². The number of hydrogen-bond donors (Lipinski definition) is 1. The van der Waals surface area contributed by atoms with E-state index in [2.05, 4.69) is 16.4 Å². The minimum absolute atomic E-state index is 0.0579. The van der Waals surface area contributed by atoms with Gasteiger partial charge in [-0.15, -0.1) is 0 Å². The zero-order chi connectivity index (χ0) is 25.3. The van der Waals surface area contributed by atoms with Crippen LogP contribution in [0.25, 0.3) is 0 Å². The lowest BCUT2D eigenvalue weighted by atomic mass is 10.1. The third-order valence-electron chi connectivity index (χ3n) is 6.60. The number of ether oxygens (including phenoxy) is 1. The molecule has 4 rings (SSSR count). The molecule has 1 fully saturated rings. The molecule has 2 aromatic rings. The third-order valence-corrected chi connectivity index (χ3v) is 6.60. The molecule has 35 heavy (non-hydrogen) atoms. The van der Waals surface area contributed by atoms with Crippen LogP contribution in [0.5, 0.6) is 5.88 Å². The second-order valence-electron chi connectivity index (χ2n) is 9.41. The normalized spacial score (nSPS) is 16.5. The summed E-state index contributed by atoms with van der Waals surface area (Å²) in [7, 11) is 0. The van der Waals surface area contributed by atoms with E-state index in [9.17, 15) is 9.59 Å². The van der Waals surface area contributed by atoms with Crippen molar-refractivity contribution in [2.24, 2.45) is 0 Å². The number of nitrogens with one attached hydrogen (secondary N) is 1. The van der Waals surface area contributed by atoms with Gasteiger partial charge in [0.2, 0.25) is 17.7 Å². The van der Waals surface area contributed by atoms with Crippen molar-refractivity contribution in [2.45, 2.75) is 60.2 Å². The summed E-state index contributed by atoms with van der Waals surface area (Å²) in [6, 6.07) is 2.02. The van der Waals surface area contributed by atoms with E-state index < -0.39 is 0 Å². The van der Waals surface area contributed by atoms with Crippen molar-refractivity contribution in [1.29, 1.82) is 0 Å². The number of carbonyl (C=O) groups is 2. The molecule has 2 aromatic heterocycles. The van der Waals surface area contributed by atoms with Gasteiger partial charge in [-0.2, -0.15) is 4.98 Å². The number of anilines is 2. The van der Waals surface area contributed by atoms with Crippen molar-refractivity contribution in [3.63, 3.8) is 0 Å². The van der Waals surface area contributed by atoms with Gasteiger partial charge in [-0.3, -0.25) is 9.59 Å². The standard InChI is InChI=1S/C25H35N7O3/c1-7-35-23-16(4)12-19(13-26-23)17(5)27-22-20-14-32(15(2)3)24(34)21(20)28-25(29-22)31-10-8-30(9-11-31)18(6)33/h12-13,15,17H,7-11,14H2,1-6H3,(H,27,28,29). The maximum absolute atomic E-state index is 13.2. The zero-order valence-electron chi connectivity index (χ0n) is 21.5. The second kappa shape index (κ2) is 10.1. The van der Waals surface area contributed by atoms with E-state index >= 15 is 0 Å². The molecule has 1 atom stereocenters. The number of aryl methyl sites for hydroxylation is 1. The average Bonchev–Trinajstić information content (AvgIpc) is 3.17. The Morgan fingerprint density at radius 2 is 1.89 bits per heavy atom. The number of fused-ring (bicyclic) bond motifs is 1. The van der Waals surface area contributed by atoms with E-state index in [4.69, 9.17) is 14.7 Å². The fourth-order valence-electron chi connectivity index (χ4n) is 4.47. The number of hydrogen-bond acceptors (Lipinski definition) is 8. The Kier molecular flexibility index (Phi) is 7.09. The van der Waals surface area contributed by atoms with Crippen LogP contribution in [-0.4, -0.2) is 75.4 Å². The summed E-state index contributed by atoms with van der Waals surface area (Å²) in [6.45, 7) is 15.1. The highest BCUT2D eigenvalue weighted by Crippen LogP contribution is 2.33. The SMILES string of the molecule is CCOc1ncc(C(C)Nc2nc(N3CCN(C(C)=O)CC3)nc3c2CN(C(C)C)C3=O)cc1C. The molecule has 1 unspecified atom stereocenters. The molecule has 0 saturated carbocycles. The lowest BCUT2D eigenvalue weighted by molar-refractivity contribution is -0.129. The summed E-state index contributed by atoms with van der Waals surface area (Å²) in [5.41, 5.74) is 3.24. The van der Waals surface area contributed by atoms with Crippen molar-refractivity contribution in [1.82, 2.24) is 24.8 Å². The average molecular weight is 482 g/mol. The first-order valence-corrected chi connectivity index (χ1v) is 12.3. The Bertz CT molecular complexity index is 1110. The smallest absolute Gasteiger partial charge is 0.273 e. The van der Waals surface area contributed by atoms with Crippen LogP contribution in [-0.2, 0) is 11.3 Å². The van der Waals surface area contributed by atoms with Gasteiger partial charge in [-0.25, -0.2) is 9.97 Å². The summed E-state index contributed by atoms with van der Waals surface area (Å²) in [4.78, 5) is 44.6. The first-order chi connectivity index (χ1) is 16.7. The van der Waals surface area contributed by atoms with Gasteiger partial charge in [0.15, 0.2) is 0 Å². The Hall–Kier alpha value is -3.43. The zero-order valence-corrected chi connectivity index (χ0v) is 21.5. The number of rotatable bonds is 7. The van der Waals surface area contributed by atoms with E-state index in [0.717, 1.165) is 16.7 Å². The minimum atomic E-state index is -0.0958.